The summed E-state index contributed by atoms with van der Waals surface area (Å²) in [5.74, 6) is -0.149. The molecule has 5 nitrogen and oxygen atoms in total. The fourth-order valence-electron chi connectivity index (χ4n) is 1.92. The van der Waals surface area contributed by atoms with Crippen molar-refractivity contribution in [2.45, 2.75) is 4.90 Å². The van der Waals surface area contributed by atoms with E-state index in [1.807, 2.05) is 0 Å². The number of thioether (sulfide) groups is 1. The van der Waals surface area contributed by atoms with Gasteiger partial charge < -0.3 is 4.74 Å². The summed E-state index contributed by atoms with van der Waals surface area (Å²) in [6.07, 6.45) is 2.96. The second-order valence-electron chi connectivity index (χ2n) is 4.57. The molecule has 1 aliphatic rings. The van der Waals surface area contributed by atoms with E-state index in [0.29, 0.717) is 20.8 Å². The van der Waals surface area contributed by atoms with Gasteiger partial charge in [0, 0.05) is 15.8 Å². The van der Waals surface area contributed by atoms with Crippen LogP contribution in [-0.4, -0.2) is 31.8 Å². The largest absolute Gasteiger partial charge is 0.461 e. The first-order valence-electron chi connectivity index (χ1n) is 6.78. The molecule has 0 unspecified atom stereocenters. The van der Waals surface area contributed by atoms with Crippen molar-refractivity contribution >= 4 is 48.7 Å². The fourth-order valence-corrected chi connectivity index (χ4v) is 4.58. The van der Waals surface area contributed by atoms with E-state index in [2.05, 4.69) is 33.5 Å². The van der Waals surface area contributed by atoms with Crippen molar-refractivity contribution in [3.05, 3.63) is 65.2 Å². The van der Waals surface area contributed by atoms with Gasteiger partial charge >= 0.3 is 5.97 Å². The highest BCUT2D eigenvalue weighted by molar-refractivity contribution is 9.12. The van der Waals surface area contributed by atoms with Crippen molar-refractivity contribution in [2.24, 2.45) is 4.40 Å². The molecule has 2 rings (SSSR count). The average Bonchev–Trinajstić information content (AvgIpc) is 2.80. The molecule has 0 saturated carbocycles. The molecule has 8 heteroatoms. The van der Waals surface area contributed by atoms with E-state index in [1.165, 1.54) is 30.0 Å². The predicted molar refractivity (Wildman–Crippen MR) is 99.9 cm³/mol. The van der Waals surface area contributed by atoms with Gasteiger partial charge in [0.15, 0.2) is 0 Å². The summed E-state index contributed by atoms with van der Waals surface area (Å²) >= 11 is 4.36. The van der Waals surface area contributed by atoms with Crippen molar-refractivity contribution in [3.63, 3.8) is 0 Å². The zero-order valence-electron chi connectivity index (χ0n) is 12.6. The molecule has 0 atom stereocenters. The number of allylic oxidation sites excluding steroid dienone is 2. The summed E-state index contributed by atoms with van der Waals surface area (Å²) in [4.78, 5) is 12.1. The molecule has 0 fully saturated rings. The standard InChI is InChI=1S/C16H14BrNO4S2/c1-3-6-12(11(2)17)16(19)22-9-10-23-15-13-7-4-5-8-14(13)24(20,21)18-15/h3-8H,1-2,9-10H2/b12-6+. The van der Waals surface area contributed by atoms with E-state index in [0.717, 1.165) is 0 Å². The topological polar surface area (TPSA) is 72.8 Å². The third-order valence-corrected chi connectivity index (χ3v) is 5.78. The number of carbonyl (C=O) groups is 1. The SMILES string of the molecule is C=C/C=C(\C(=C)Br)C(=O)OCCSC1=NS(=O)(=O)c2ccccc21. The molecule has 1 aromatic carbocycles. The first-order chi connectivity index (χ1) is 11.4. The number of carbonyl (C=O) groups excluding carboxylic acids is 1. The Kier molecular flexibility index (Phi) is 6.20. The molecule has 24 heavy (non-hydrogen) atoms. The number of hydrogen-bond donors (Lipinski definition) is 0. The Bertz CT molecular complexity index is 857. The second-order valence-corrected chi connectivity index (χ2v) is 8.19. The second kappa shape index (κ2) is 7.96. The molecule has 0 radical (unpaired) electrons. The summed E-state index contributed by atoms with van der Waals surface area (Å²) in [5, 5.41) is 0.411. The molecule has 1 aliphatic heterocycles. The number of benzene rings is 1. The minimum atomic E-state index is -3.62. The molecule has 1 heterocycles. The van der Waals surface area contributed by atoms with Crippen LogP contribution in [0, 0.1) is 0 Å². The number of esters is 1. The van der Waals surface area contributed by atoms with Gasteiger partial charge in [-0.2, -0.15) is 12.8 Å². The van der Waals surface area contributed by atoms with Gasteiger partial charge in [0.25, 0.3) is 10.0 Å². The molecule has 126 valence electrons. The van der Waals surface area contributed by atoms with Crippen molar-refractivity contribution in [1.82, 2.24) is 0 Å². The maximum atomic E-state index is 11.9. The highest BCUT2D eigenvalue weighted by atomic mass is 79.9. The third kappa shape index (κ3) is 4.25. The van der Waals surface area contributed by atoms with Crippen LogP contribution in [0.15, 0.2) is 68.9 Å². The van der Waals surface area contributed by atoms with Crippen LogP contribution in [0.2, 0.25) is 0 Å². The van der Waals surface area contributed by atoms with Gasteiger partial charge in [-0.1, -0.05) is 53.4 Å². The Morgan fingerprint density at radius 3 is 2.75 bits per heavy atom. The van der Waals surface area contributed by atoms with Crippen molar-refractivity contribution in [1.29, 1.82) is 0 Å². The van der Waals surface area contributed by atoms with Crippen LogP contribution in [0.3, 0.4) is 0 Å². The number of nitrogens with zero attached hydrogens (tertiary/aromatic N) is 1. The molecule has 0 amide bonds. The molecule has 0 aromatic heterocycles. The van der Waals surface area contributed by atoms with Gasteiger partial charge in [0.05, 0.1) is 10.5 Å². The number of fused-ring (bicyclic) bond motifs is 1. The van der Waals surface area contributed by atoms with E-state index in [-0.39, 0.29) is 17.1 Å². The predicted octanol–water partition coefficient (Wildman–Crippen LogP) is 3.43. The summed E-state index contributed by atoms with van der Waals surface area (Å²) in [5.41, 5.74) is 0.857. The smallest absolute Gasteiger partial charge is 0.339 e. The number of rotatable bonds is 6. The Morgan fingerprint density at radius 2 is 2.08 bits per heavy atom. The monoisotopic (exact) mass is 427 g/mol. The Morgan fingerprint density at radius 1 is 1.38 bits per heavy atom. The van der Waals surface area contributed by atoms with Crippen LogP contribution >= 0.6 is 27.7 Å². The number of ether oxygens (including phenoxy) is 1. The molecule has 0 bridgehead atoms. The lowest BCUT2D eigenvalue weighted by Gasteiger charge is -2.07. The van der Waals surface area contributed by atoms with Crippen LogP contribution in [0.1, 0.15) is 5.56 Å². The minimum absolute atomic E-state index is 0.111. The summed E-state index contributed by atoms with van der Waals surface area (Å²) in [6, 6.07) is 6.64. The van der Waals surface area contributed by atoms with Crippen molar-refractivity contribution in [2.75, 3.05) is 12.4 Å². The highest BCUT2D eigenvalue weighted by Crippen LogP contribution is 2.30. The van der Waals surface area contributed by atoms with E-state index in [4.69, 9.17) is 4.74 Å². The quantitative estimate of drug-likeness (QED) is 0.301. The van der Waals surface area contributed by atoms with Crippen LogP contribution in [-0.2, 0) is 19.6 Å². The van der Waals surface area contributed by atoms with E-state index < -0.39 is 16.0 Å². The lowest BCUT2D eigenvalue weighted by atomic mass is 10.2. The molecule has 0 aliphatic carbocycles. The number of hydrogen-bond acceptors (Lipinski definition) is 5. The minimum Gasteiger partial charge on any atom is -0.461 e. The van der Waals surface area contributed by atoms with E-state index in [9.17, 15) is 13.2 Å². The summed E-state index contributed by atoms with van der Waals surface area (Å²) in [6.45, 7) is 7.27. The van der Waals surface area contributed by atoms with Crippen LogP contribution in [0.5, 0.6) is 0 Å². The fraction of sp³-hybridized carbons (Fsp3) is 0.125. The van der Waals surface area contributed by atoms with Crippen molar-refractivity contribution in [3.8, 4) is 0 Å². The first-order valence-corrected chi connectivity index (χ1v) is 10.0. The Hall–Kier alpha value is -1.64. The van der Waals surface area contributed by atoms with E-state index in [1.54, 1.807) is 18.2 Å². The molecular weight excluding hydrogens is 414 g/mol. The summed E-state index contributed by atoms with van der Waals surface area (Å²) in [7, 11) is -3.62. The van der Waals surface area contributed by atoms with Gasteiger partial charge in [-0.15, -0.1) is 11.8 Å². The lowest BCUT2D eigenvalue weighted by Crippen LogP contribution is -2.11. The Labute approximate surface area is 153 Å². The molecule has 0 N–H and O–H groups in total. The average molecular weight is 428 g/mol. The van der Waals surface area contributed by atoms with Crippen molar-refractivity contribution < 1.29 is 17.9 Å². The molecule has 0 saturated heterocycles. The van der Waals surface area contributed by atoms with E-state index >= 15 is 0 Å². The zero-order valence-corrected chi connectivity index (χ0v) is 15.8. The summed E-state index contributed by atoms with van der Waals surface area (Å²) < 4.78 is 33.2. The highest BCUT2D eigenvalue weighted by Gasteiger charge is 2.28. The Balaban J connectivity index is 1.94. The molecule has 0 spiro atoms. The third-order valence-electron chi connectivity index (χ3n) is 2.95. The van der Waals surface area contributed by atoms with Crippen LogP contribution in [0.25, 0.3) is 0 Å². The van der Waals surface area contributed by atoms with Crippen LogP contribution < -0.4 is 0 Å². The normalized spacial score (nSPS) is 15.4. The number of sulfonamides is 1. The maximum Gasteiger partial charge on any atom is 0.339 e. The first kappa shape index (κ1) is 18.7. The number of halogens is 1. The molecular formula is C16H14BrNO4S2. The van der Waals surface area contributed by atoms with Gasteiger partial charge in [-0.05, 0) is 12.1 Å². The van der Waals surface area contributed by atoms with Gasteiger partial charge in [0.2, 0.25) is 0 Å². The van der Waals surface area contributed by atoms with Crippen LogP contribution in [0.4, 0.5) is 0 Å². The molecule has 1 aromatic rings. The van der Waals surface area contributed by atoms with Gasteiger partial charge in [-0.25, -0.2) is 4.79 Å². The zero-order chi connectivity index (χ0) is 17.7. The van der Waals surface area contributed by atoms with Gasteiger partial charge in [-0.3, -0.25) is 0 Å². The lowest BCUT2D eigenvalue weighted by molar-refractivity contribution is -0.138. The maximum absolute atomic E-state index is 11.9. The van der Waals surface area contributed by atoms with Gasteiger partial charge in [0.1, 0.15) is 11.7 Å².